The molecular formula is C19H28N4O4S. The summed E-state index contributed by atoms with van der Waals surface area (Å²) in [5, 5.41) is 13.1. The minimum atomic E-state index is -1.03. The standard InChI is InChI=1S/C19H28N4O4S/c1-10-14-7-15(24)23(14)16(19(26)27)17(10)28-12-6-13(20-8-12)18(25)22-5-4-11(9-22)21(2)3/h10-14,20H,4-9H2,1-3H3,(H,26,27)/t10-,11+,12+,13+,14+/m1/s1. The number of aliphatic carboxylic acids is 1. The number of hydrogen-bond acceptors (Lipinski definition) is 6. The van der Waals surface area contributed by atoms with E-state index in [1.165, 1.54) is 4.90 Å². The summed E-state index contributed by atoms with van der Waals surface area (Å²) in [6, 6.07) is 0.198. The molecule has 0 aromatic carbocycles. The van der Waals surface area contributed by atoms with Gasteiger partial charge in [0.25, 0.3) is 0 Å². The van der Waals surface area contributed by atoms with E-state index >= 15 is 0 Å². The van der Waals surface area contributed by atoms with E-state index in [2.05, 4.69) is 10.2 Å². The molecule has 0 radical (unpaired) electrons. The van der Waals surface area contributed by atoms with Crippen LogP contribution in [-0.2, 0) is 14.4 Å². The number of carbonyl (C=O) groups excluding carboxylic acids is 2. The van der Waals surface area contributed by atoms with Crippen LogP contribution < -0.4 is 5.32 Å². The molecule has 4 heterocycles. The van der Waals surface area contributed by atoms with Crippen molar-refractivity contribution in [2.75, 3.05) is 33.7 Å². The highest BCUT2D eigenvalue weighted by Crippen LogP contribution is 2.48. The molecule has 0 unspecified atom stereocenters. The first kappa shape index (κ1) is 19.7. The molecule has 5 atom stereocenters. The fourth-order valence-corrected chi connectivity index (χ4v) is 6.25. The number of nitrogens with zero attached hydrogens (tertiary/aromatic N) is 3. The predicted octanol–water partition coefficient (Wildman–Crippen LogP) is 0.159. The number of fused-ring (bicyclic) bond motifs is 1. The number of thioether (sulfide) groups is 1. The van der Waals surface area contributed by atoms with Crippen LogP contribution in [0, 0.1) is 5.92 Å². The number of likely N-dealkylation sites (tertiary alicyclic amines) is 1. The van der Waals surface area contributed by atoms with Crippen molar-refractivity contribution < 1.29 is 19.5 Å². The normalized spacial score (nSPS) is 35.0. The van der Waals surface area contributed by atoms with Gasteiger partial charge in [-0.1, -0.05) is 6.92 Å². The molecule has 0 saturated carbocycles. The number of nitrogens with one attached hydrogen (secondary N) is 1. The fourth-order valence-electron chi connectivity index (χ4n) is 4.76. The Kier molecular flexibility index (Phi) is 5.18. The largest absolute Gasteiger partial charge is 0.477 e. The number of amides is 2. The summed E-state index contributed by atoms with van der Waals surface area (Å²) in [6.07, 6.45) is 2.11. The van der Waals surface area contributed by atoms with Crippen LogP contribution in [0.2, 0.25) is 0 Å². The molecule has 0 aromatic rings. The lowest BCUT2D eigenvalue weighted by molar-refractivity contribution is -0.148. The Labute approximate surface area is 169 Å². The van der Waals surface area contributed by atoms with E-state index in [0.29, 0.717) is 25.4 Å². The van der Waals surface area contributed by atoms with Crippen LogP contribution >= 0.6 is 11.8 Å². The van der Waals surface area contributed by atoms with Crippen molar-refractivity contribution in [1.82, 2.24) is 20.0 Å². The van der Waals surface area contributed by atoms with Gasteiger partial charge in [0.05, 0.1) is 12.1 Å². The number of likely N-dealkylation sites (N-methyl/N-ethyl adjacent to an activating group) is 1. The molecule has 0 aromatic heterocycles. The van der Waals surface area contributed by atoms with E-state index in [9.17, 15) is 19.5 Å². The van der Waals surface area contributed by atoms with E-state index in [-0.39, 0.29) is 40.8 Å². The quantitative estimate of drug-likeness (QED) is 0.626. The van der Waals surface area contributed by atoms with Crippen molar-refractivity contribution in [2.24, 2.45) is 5.92 Å². The number of β-lactam (4-membered cyclic amide) rings is 1. The molecule has 2 amide bonds. The van der Waals surface area contributed by atoms with Crippen LogP contribution in [0.3, 0.4) is 0 Å². The molecular weight excluding hydrogens is 380 g/mol. The molecule has 9 heteroatoms. The SMILES string of the molecule is C[C@H]1C(S[C@@H]2CN[C@H](C(=O)N3CC[C@H](N(C)C)C3)C2)=C(C(=O)O)N2C(=O)C[C@@H]12. The summed E-state index contributed by atoms with van der Waals surface area (Å²) in [4.78, 5) is 42.8. The van der Waals surface area contributed by atoms with Gasteiger partial charge in [-0.3, -0.25) is 9.59 Å². The number of hydrogen-bond donors (Lipinski definition) is 2. The molecule has 4 aliphatic heterocycles. The Morgan fingerprint density at radius 2 is 2.07 bits per heavy atom. The molecule has 28 heavy (non-hydrogen) atoms. The van der Waals surface area contributed by atoms with E-state index in [1.54, 1.807) is 11.8 Å². The van der Waals surface area contributed by atoms with Crippen molar-refractivity contribution in [3.63, 3.8) is 0 Å². The molecule has 0 aliphatic carbocycles. The molecule has 8 nitrogen and oxygen atoms in total. The summed E-state index contributed by atoms with van der Waals surface area (Å²) in [7, 11) is 4.09. The Morgan fingerprint density at radius 1 is 1.32 bits per heavy atom. The zero-order chi connectivity index (χ0) is 20.2. The average molecular weight is 409 g/mol. The van der Waals surface area contributed by atoms with E-state index in [1.807, 2.05) is 25.9 Å². The van der Waals surface area contributed by atoms with Gasteiger partial charge in [-0.05, 0) is 26.9 Å². The molecule has 154 valence electrons. The first-order chi connectivity index (χ1) is 13.3. The van der Waals surface area contributed by atoms with Crippen molar-refractivity contribution in [1.29, 1.82) is 0 Å². The van der Waals surface area contributed by atoms with E-state index in [4.69, 9.17) is 0 Å². The van der Waals surface area contributed by atoms with Crippen LogP contribution in [0.5, 0.6) is 0 Å². The van der Waals surface area contributed by atoms with Gasteiger partial charge in [0, 0.05) is 48.2 Å². The number of carboxylic acids is 1. The van der Waals surface area contributed by atoms with Crippen LogP contribution in [0.1, 0.15) is 26.2 Å². The molecule has 0 bridgehead atoms. The monoisotopic (exact) mass is 408 g/mol. The van der Waals surface area contributed by atoms with Crippen LogP contribution in [-0.4, -0.2) is 94.7 Å². The summed E-state index contributed by atoms with van der Waals surface area (Å²) in [5.74, 6) is -0.941. The van der Waals surface area contributed by atoms with Crippen LogP contribution in [0.4, 0.5) is 0 Å². The van der Waals surface area contributed by atoms with Crippen molar-refractivity contribution in [3.8, 4) is 0 Å². The molecule has 3 fully saturated rings. The van der Waals surface area contributed by atoms with Gasteiger partial charge in [-0.25, -0.2) is 4.79 Å². The first-order valence-electron chi connectivity index (χ1n) is 9.92. The van der Waals surface area contributed by atoms with Gasteiger partial charge in [-0.2, -0.15) is 0 Å². The van der Waals surface area contributed by atoms with E-state index < -0.39 is 5.97 Å². The molecule has 0 spiro atoms. The highest BCUT2D eigenvalue weighted by molar-refractivity contribution is 8.03. The lowest BCUT2D eigenvalue weighted by Crippen LogP contribution is -2.51. The smallest absolute Gasteiger partial charge is 0.353 e. The predicted molar refractivity (Wildman–Crippen MR) is 106 cm³/mol. The highest BCUT2D eigenvalue weighted by atomic mass is 32.2. The minimum absolute atomic E-state index is 0.0135. The molecule has 4 aliphatic rings. The molecule has 4 rings (SSSR count). The average Bonchev–Trinajstić information content (AvgIpc) is 3.34. The summed E-state index contributed by atoms with van der Waals surface area (Å²) in [5.41, 5.74) is 0.155. The Hall–Kier alpha value is -1.58. The third-order valence-corrected chi connectivity index (χ3v) is 8.05. The second-order valence-corrected chi connectivity index (χ2v) is 9.81. The van der Waals surface area contributed by atoms with Gasteiger partial charge in [0.15, 0.2) is 0 Å². The third kappa shape index (κ3) is 3.23. The third-order valence-electron chi connectivity index (χ3n) is 6.54. The summed E-state index contributed by atoms with van der Waals surface area (Å²) < 4.78 is 0. The summed E-state index contributed by atoms with van der Waals surface area (Å²) in [6.45, 7) is 4.24. The van der Waals surface area contributed by atoms with Gasteiger partial charge in [0.2, 0.25) is 11.8 Å². The van der Waals surface area contributed by atoms with Gasteiger partial charge in [0.1, 0.15) is 5.70 Å². The summed E-state index contributed by atoms with van der Waals surface area (Å²) >= 11 is 1.54. The maximum absolute atomic E-state index is 12.9. The fraction of sp³-hybridized carbons (Fsp3) is 0.737. The van der Waals surface area contributed by atoms with Gasteiger partial charge in [-0.15, -0.1) is 11.8 Å². The zero-order valence-electron chi connectivity index (χ0n) is 16.6. The van der Waals surface area contributed by atoms with Crippen molar-refractivity contribution in [3.05, 3.63) is 10.6 Å². The maximum atomic E-state index is 12.9. The number of carboxylic acid groups (broad SMARTS) is 1. The lowest BCUT2D eigenvalue weighted by Gasteiger charge is -2.37. The van der Waals surface area contributed by atoms with Crippen molar-refractivity contribution in [2.45, 2.75) is 49.6 Å². The Bertz CT molecular complexity index is 739. The number of rotatable bonds is 5. The van der Waals surface area contributed by atoms with Crippen LogP contribution in [0.15, 0.2) is 10.6 Å². The van der Waals surface area contributed by atoms with Gasteiger partial charge >= 0.3 is 5.97 Å². The zero-order valence-corrected chi connectivity index (χ0v) is 17.4. The van der Waals surface area contributed by atoms with E-state index in [0.717, 1.165) is 24.4 Å². The Balaban J connectivity index is 1.39. The highest BCUT2D eigenvalue weighted by Gasteiger charge is 2.52. The molecule has 3 saturated heterocycles. The second kappa shape index (κ2) is 7.35. The molecule has 2 N–H and O–H groups in total. The lowest BCUT2D eigenvalue weighted by atomic mass is 9.94. The van der Waals surface area contributed by atoms with Crippen molar-refractivity contribution >= 4 is 29.5 Å². The second-order valence-electron chi connectivity index (χ2n) is 8.47. The minimum Gasteiger partial charge on any atom is -0.477 e. The topological polar surface area (TPSA) is 93.2 Å². The number of carbonyl (C=O) groups is 3. The maximum Gasteiger partial charge on any atom is 0.353 e. The Morgan fingerprint density at radius 3 is 2.68 bits per heavy atom. The van der Waals surface area contributed by atoms with Gasteiger partial charge < -0.3 is 25.1 Å². The van der Waals surface area contributed by atoms with Crippen LogP contribution in [0.25, 0.3) is 0 Å². The first-order valence-corrected chi connectivity index (χ1v) is 10.8.